The number of aromatic nitrogens is 3. The van der Waals surface area contributed by atoms with Crippen molar-refractivity contribution in [3.05, 3.63) is 52.5 Å². The van der Waals surface area contributed by atoms with E-state index in [0.717, 1.165) is 21.4 Å². The molecule has 2 heterocycles. The predicted molar refractivity (Wildman–Crippen MR) is 119 cm³/mol. The molecule has 0 radical (unpaired) electrons. The molecule has 1 aliphatic rings. The Kier molecular flexibility index (Phi) is 5.92. The van der Waals surface area contributed by atoms with E-state index in [2.05, 4.69) is 31.1 Å². The highest BCUT2D eigenvalue weighted by atomic mass is 79.9. The molecule has 1 aromatic heterocycles. The SMILES string of the molecule is CCSc1nnc2c(n1)OC(c1ccc(OC)c(Br)c1)N(C(C)=O)c1ccccc1-2. The highest BCUT2D eigenvalue weighted by molar-refractivity contribution is 9.10. The molecule has 154 valence electrons. The van der Waals surface area contributed by atoms with Gasteiger partial charge in [-0.2, -0.15) is 4.98 Å². The third-order valence-corrected chi connectivity index (χ3v) is 5.92. The second-order valence-electron chi connectivity index (χ2n) is 6.45. The van der Waals surface area contributed by atoms with E-state index in [4.69, 9.17) is 9.47 Å². The van der Waals surface area contributed by atoms with Gasteiger partial charge in [-0.3, -0.25) is 9.69 Å². The average Bonchev–Trinajstić information content (AvgIpc) is 2.88. The molecule has 0 aliphatic carbocycles. The summed E-state index contributed by atoms with van der Waals surface area (Å²) in [6.45, 7) is 3.53. The smallest absolute Gasteiger partial charge is 0.247 e. The first-order chi connectivity index (χ1) is 14.5. The number of amides is 1. The van der Waals surface area contributed by atoms with E-state index in [1.165, 1.54) is 18.7 Å². The zero-order chi connectivity index (χ0) is 21.3. The highest BCUT2D eigenvalue weighted by Crippen LogP contribution is 2.44. The number of fused-ring (bicyclic) bond motifs is 3. The summed E-state index contributed by atoms with van der Waals surface area (Å²) in [4.78, 5) is 19.0. The zero-order valence-corrected chi connectivity index (χ0v) is 19.0. The van der Waals surface area contributed by atoms with Gasteiger partial charge in [-0.25, -0.2) is 0 Å². The topological polar surface area (TPSA) is 77.4 Å². The first-order valence-corrected chi connectivity index (χ1v) is 11.1. The number of carbonyl (C=O) groups is 1. The van der Waals surface area contributed by atoms with Crippen LogP contribution in [-0.4, -0.2) is 34.0 Å². The molecule has 0 saturated carbocycles. The number of ether oxygens (including phenoxy) is 2. The Balaban J connectivity index is 1.93. The number of para-hydroxylation sites is 1. The van der Waals surface area contributed by atoms with Crippen LogP contribution in [0.4, 0.5) is 5.69 Å². The van der Waals surface area contributed by atoms with Crippen molar-refractivity contribution >= 4 is 39.3 Å². The molecule has 3 aromatic rings. The van der Waals surface area contributed by atoms with Crippen LogP contribution in [0.3, 0.4) is 0 Å². The van der Waals surface area contributed by atoms with E-state index in [9.17, 15) is 4.79 Å². The fourth-order valence-corrected chi connectivity index (χ4v) is 4.36. The standard InChI is InChI=1S/C21H19BrN4O3S/c1-4-30-21-23-19-18(24-25-21)14-7-5-6-8-16(14)26(12(2)27)20(29-19)13-9-10-17(28-3)15(22)11-13/h5-11,20H,4H2,1-3H3. The lowest BCUT2D eigenvalue weighted by Gasteiger charge is -2.30. The molecule has 1 amide bonds. The number of hydrogen-bond donors (Lipinski definition) is 0. The van der Waals surface area contributed by atoms with E-state index in [1.807, 2.05) is 49.4 Å². The van der Waals surface area contributed by atoms with Gasteiger partial charge < -0.3 is 9.47 Å². The van der Waals surface area contributed by atoms with Gasteiger partial charge in [0, 0.05) is 18.1 Å². The quantitative estimate of drug-likeness (QED) is 0.486. The first kappa shape index (κ1) is 20.6. The second kappa shape index (κ2) is 8.61. The van der Waals surface area contributed by atoms with E-state index in [1.54, 1.807) is 12.0 Å². The lowest BCUT2D eigenvalue weighted by atomic mass is 10.1. The molecule has 1 unspecified atom stereocenters. The molecule has 1 aliphatic heterocycles. The minimum atomic E-state index is -0.733. The van der Waals surface area contributed by atoms with E-state index in [-0.39, 0.29) is 5.91 Å². The number of rotatable bonds is 4. The maximum absolute atomic E-state index is 12.8. The van der Waals surface area contributed by atoms with E-state index < -0.39 is 6.23 Å². The van der Waals surface area contributed by atoms with Crippen LogP contribution in [0.2, 0.25) is 0 Å². The van der Waals surface area contributed by atoms with Crippen LogP contribution in [0.15, 0.2) is 52.1 Å². The van der Waals surface area contributed by atoms with Crippen LogP contribution < -0.4 is 14.4 Å². The van der Waals surface area contributed by atoms with Crippen LogP contribution in [-0.2, 0) is 4.79 Å². The van der Waals surface area contributed by atoms with Gasteiger partial charge >= 0.3 is 0 Å². The van der Waals surface area contributed by atoms with Crippen molar-refractivity contribution in [2.75, 3.05) is 17.8 Å². The molecule has 0 spiro atoms. The molecule has 4 rings (SSSR count). The summed E-state index contributed by atoms with van der Waals surface area (Å²) < 4.78 is 12.4. The number of anilines is 1. The second-order valence-corrected chi connectivity index (χ2v) is 8.54. The number of hydrogen-bond acceptors (Lipinski definition) is 7. The van der Waals surface area contributed by atoms with Gasteiger partial charge in [-0.15, -0.1) is 10.2 Å². The number of carbonyl (C=O) groups excluding carboxylic acids is 1. The number of thioether (sulfide) groups is 1. The predicted octanol–water partition coefficient (Wildman–Crippen LogP) is 4.87. The summed E-state index contributed by atoms with van der Waals surface area (Å²) in [6, 6.07) is 13.1. The molecule has 1 atom stereocenters. The highest BCUT2D eigenvalue weighted by Gasteiger charge is 2.34. The van der Waals surface area contributed by atoms with Crippen molar-refractivity contribution in [3.8, 4) is 22.9 Å². The van der Waals surface area contributed by atoms with Gasteiger partial charge in [0.15, 0.2) is 5.69 Å². The minimum absolute atomic E-state index is 0.164. The third kappa shape index (κ3) is 3.75. The van der Waals surface area contributed by atoms with Crippen LogP contribution in [0.5, 0.6) is 11.6 Å². The molecule has 0 N–H and O–H groups in total. The molecule has 9 heteroatoms. The molecule has 30 heavy (non-hydrogen) atoms. The van der Waals surface area contributed by atoms with Crippen LogP contribution in [0.1, 0.15) is 25.6 Å². The Morgan fingerprint density at radius 3 is 2.77 bits per heavy atom. The summed E-state index contributed by atoms with van der Waals surface area (Å²) in [7, 11) is 1.60. The number of nitrogens with zero attached hydrogens (tertiary/aromatic N) is 4. The van der Waals surface area contributed by atoms with Crippen LogP contribution >= 0.6 is 27.7 Å². The first-order valence-electron chi connectivity index (χ1n) is 9.30. The van der Waals surface area contributed by atoms with E-state index >= 15 is 0 Å². The Morgan fingerprint density at radius 2 is 2.07 bits per heavy atom. The fourth-order valence-electron chi connectivity index (χ4n) is 3.30. The van der Waals surface area contributed by atoms with Crippen molar-refractivity contribution in [3.63, 3.8) is 0 Å². The normalized spacial score (nSPS) is 14.9. The number of methoxy groups -OCH3 is 1. The summed E-state index contributed by atoms with van der Waals surface area (Å²) in [5.74, 6) is 1.68. The van der Waals surface area contributed by atoms with Gasteiger partial charge in [0.05, 0.1) is 17.3 Å². The van der Waals surface area contributed by atoms with Crippen molar-refractivity contribution in [2.24, 2.45) is 0 Å². The van der Waals surface area contributed by atoms with Gasteiger partial charge in [0.2, 0.25) is 23.2 Å². The maximum atomic E-state index is 12.8. The minimum Gasteiger partial charge on any atom is -0.496 e. The molecule has 0 fully saturated rings. The summed E-state index contributed by atoms with van der Waals surface area (Å²) in [6.07, 6.45) is -0.733. The summed E-state index contributed by atoms with van der Waals surface area (Å²) in [5, 5.41) is 9.13. The zero-order valence-electron chi connectivity index (χ0n) is 16.6. The maximum Gasteiger partial charge on any atom is 0.247 e. The van der Waals surface area contributed by atoms with Gasteiger partial charge in [0.1, 0.15) is 5.75 Å². The van der Waals surface area contributed by atoms with Gasteiger partial charge in [0.25, 0.3) is 0 Å². The Hall–Kier alpha value is -2.65. The van der Waals surface area contributed by atoms with Crippen molar-refractivity contribution < 1.29 is 14.3 Å². The number of benzene rings is 2. The van der Waals surface area contributed by atoms with Gasteiger partial charge in [-0.05, 0) is 45.9 Å². The molecular weight excluding hydrogens is 468 g/mol. The average molecular weight is 487 g/mol. The number of halogens is 1. The largest absolute Gasteiger partial charge is 0.496 e. The summed E-state index contributed by atoms with van der Waals surface area (Å²) >= 11 is 5.00. The Bertz CT molecular complexity index is 1110. The molecule has 0 bridgehead atoms. The fraction of sp³-hybridized carbons (Fsp3) is 0.238. The van der Waals surface area contributed by atoms with E-state index in [0.29, 0.717) is 28.2 Å². The van der Waals surface area contributed by atoms with Crippen molar-refractivity contribution in [1.29, 1.82) is 0 Å². The van der Waals surface area contributed by atoms with Crippen molar-refractivity contribution in [2.45, 2.75) is 25.2 Å². The molecule has 0 saturated heterocycles. The lowest BCUT2D eigenvalue weighted by Crippen LogP contribution is -2.36. The Labute approximate surface area is 186 Å². The van der Waals surface area contributed by atoms with Gasteiger partial charge in [-0.1, -0.05) is 36.9 Å². The summed E-state index contributed by atoms with van der Waals surface area (Å²) in [5.41, 5.74) is 2.70. The van der Waals surface area contributed by atoms with Crippen LogP contribution in [0, 0.1) is 0 Å². The Morgan fingerprint density at radius 1 is 1.27 bits per heavy atom. The molecule has 2 aromatic carbocycles. The lowest BCUT2D eigenvalue weighted by molar-refractivity contribution is -0.118. The third-order valence-electron chi connectivity index (χ3n) is 4.59. The monoisotopic (exact) mass is 486 g/mol. The molecule has 7 nitrogen and oxygen atoms in total. The van der Waals surface area contributed by atoms with Crippen molar-refractivity contribution in [1.82, 2.24) is 15.2 Å². The molecular formula is C21H19BrN4O3S. The van der Waals surface area contributed by atoms with Crippen LogP contribution in [0.25, 0.3) is 11.3 Å².